The number of rotatable bonds is 3. The van der Waals surface area contributed by atoms with Gasteiger partial charge in [0, 0.05) is 18.1 Å². The minimum absolute atomic E-state index is 0.764. The summed E-state index contributed by atoms with van der Waals surface area (Å²) in [5.74, 6) is 1.66. The molecule has 0 saturated heterocycles. The zero-order chi connectivity index (χ0) is 14.8. The maximum absolute atomic E-state index is 4.60. The normalized spacial score (nSPS) is 10.6. The largest absolute Gasteiger partial charge is 0.329 e. The Morgan fingerprint density at radius 1 is 1.00 bits per heavy atom. The van der Waals surface area contributed by atoms with Gasteiger partial charge in [-0.3, -0.25) is 4.99 Å². The molecule has 4 nitrogen and oxygen atoms in total. The van der Waals surface area contributed by atoms with Gasteiger partial charge >= 0.3 is 0 Å². The van der Waals surface area contributed by atoms with Gasteiger partial charge in [0.05, 0.1) is 11.2 Å². The zero-order valence-electron chi connectivity index (χ0n) is 12.1. The molecule has 0 saturated carbocycles. The van der Waals surface area contributed by atoms with E-state index < -0.39 is 0 Å². The van der Waals surface area contributed by atoms with Crippen LogP contribution in [0.5, 0.6) is 0 Å². The van der Waals surface area contributed by atoms with Crippen molar-refractivity contribution in [2.24, 2.45) is 4.99 Å². The van der Waals surface area contributed by atoms with Crippen molar-refractivity contribution in [3.05, 3.63) is 54.4 Å². The zero-order valence-corrected chi connectivity index (χ0v) is 12.1. The third kappa shape index (κ3) is 2.48. The van der Waals surface area contributed by atoms with Crippen molar-refractivity contribution in [2.75, 3.05) is 11.9 Å². The van der Waals surface area contributed by atoms with Crippen molar-refractivity contribution in [1.29, 1.82) is 0 Å². The summed E-state index contributed by atoms with van der Waals surface area (Å²) in [6.07, 6.45) is 0. The second-order valence-corrected chi connectivity index (χ2v) is 4.85. The van der Waals surface area contributed by atoms with E-state index in [1.807, 2.05) is 62.5 Å². The van der Waals surface area contributed by atoms with Gasteiger partial charge in [0.1, 0.15) is 11.6 Å². The predicted molar refractivity (Wildman–Crippen MR) is 88.0 cm³/mol. The molecule has 0 spiro atoms. The summed E-state index contributed by atoms with van der Waals surface area (Å²) in [5, 5.41) is 1.04. The van der Waals surface area contributed by atoms with Crippen LogP contribution in [-0.4, -0.2) is 23.7 Å². The topological polar surface area (TPSA) is 41.4 Å². The Morgan fingerprint density at radius 3 is 2.43 bits per heavy atom. The van der Waals surface area contributed by atoms with Gasteiger partial charge in [0.2, 0.25) is 0 Å². The Labute approximate surface area is 123 Å². The number of hydrogen-bond acceptors (Lipinski definition) is 4. The van der Waals surface area contributed by atoms with Crippen LogP contribution in [0, 0.1) is 6.92 Å². The van der Waals surface area contributed by atoms with E-state index in [0.717, 1.165) is 33.9 Å². The van der Waals surface area contributed by atoms with Crippen LogP contribution in [0.15, 0.2) is 53.5 Å². The highest BCUT2D eigenvalue weighted by atomic mass is 15.2. The van der Waals surface area contributed by atoms with Gasteiger partial charge in [-0.1, -0.05) is 12.1 Å². The van der Waals surface area contributed by atoms with E-state index in [0.29, 0.717) is 0 Å². The third-order valence-corrected chi connectivity index (χ3v) is 3.43. The molecule has 0 N–H and O–H groups in total. The fourth-order valence-electron chi connectivity index (χ4n) is 2.33. The van der Waals surface area contributed by atoms with Crippen LogP contribution in [0.2, 0.25) is 0 Å². The number of anilines is 2. The molecule has 3 aromatic rings. The Morgan fingerprint density at radius 2 is 1.71 bits per heavy atom. The number of hydrogen-bond donors (Lipinski definition) is 0. The van der Waals surface area contributed by atoms with Crippen LogP contribution in [0.25, 0.3) is 10.9 Å². The first-order chi connectivity index (χ1) is 10.2. The lowest BCUT2D eigenvalue weighted by Crippen LogP contribution is -2.12. The number of nitrogens with zero attached hydrogens (tertiary/aromatic N) is 4. The maximum atomic E-state index is 4.60. The summed E-state index contributed by atoms with van der Waals surface area (Å²) in [4.78, 5) is 15.1. The average Bonchev–Trinajstić information content (AvgIpc) is 2.53. The fraction of sp³-hybridized carbons (Fsp3) is 0.118. The molecule has 0 aliphatic heterocycles. The van der Waals surface area contributed by atoms with E-state index in [-0.39, 0.29) is 0 Å². The smallest absolute Gasteiger partial charge is 0.144 e. The molecule has 0 bridgehead atoms. The molecule has 0 aliphatic rings. The Bertz CT molecular complexity index is 793. The predicted octanol–water partition coefficient (Wildman–Crippen LogP) is 4.04. The average molecular weight is 276 g/mol. The minimum atomic E-state index is 0.764. The first kappa shape index (κ1) is 13.2. The number of aryl methyl sites for hydroxylation is 1. The van der Waals surface area contributed by atoms with Gasteiger partial charge in [0.25, 0.3) is 0 Å². The van der Waals surface area contributed by atoms with Crippen LogP contribution in [-0.2, 0) is 0 Å². The lowest BCUT2D eigenvalue weighted by molar-refractivity contribution is 1.04. The molecule has 21 heavy (non-hydrogen) atoms. The standard InChI is InChI=1S/C17H16N4/c1-12-19-16-7-5-4-6-15(16)17(20-12)21(3)14-10-8-13(18-2)9-11-14/h4-11H,2H2,1,3H3. The summed E-state index contributed by atoms with van der Waals surface area (Å²) < 4.78 is 0. The summed E-state index contributed by atoms with van der Waals surface area (Å²) in [7, 11) is 2.00. The van der Waals surface area contributed by atoms with Crippen LogP contribution in [0.1, 0.15) is 5.82 Å². The molecular weight excluding hydrogens is 260 g/mol. The molecule has 1 heterocycles. The van der Waals surface area contributed by atoms with Crippen molar-refractivity contribution >= 4 is 34.8 Å². The summed E-state index contributed by atoms with van der Waals surface area (Å²) in [6, 6.07) is 15.9. The van der Waals surface area contributed by atoms with Crippen molar-refractivity contribution < 1.29 is 0 Å². The van der Waals surface area contributed by atoms with Crippen molar-refractivity contribution in [1.82, 2.24) is 9.97 Å². The van der Waals surface area contributed by atoms with Gasteiger partial charge in [0.15, 0.2) is 0 Å². The van der Waals surface area contributed by atoms with E-state index in [4.69, 9.17) is 0 Å². The molecule has 0 fully saturated rings. The Balaban J connectivity index is 2.11. The lowest BCUT2D eigenvalue weighted by Gasteiger charge is -2.20. The molecule has 104 valence electrons. The molecule has 4 heteroatoms. The highest BCUT2D eigenvalue weighted by molar-refractivity contribution is 5.91. The maximum Gasteiger partial charge on any atom is 0.144 e. The van der Waals surface area contributed by atoms with Crippen LogP contribution in [0.4, 0.5) is 17.2 Å². The van der Waals surface area contributed by atoms with Crippen LogP contribution >= 0.6 is 0 Å². The monoisotopic (exact) mass is 276 g/mol. The molecule has 1 aromatic heterocycles. The van der Waals surface area contributed by atoms with Gasteiger partial charge in [-0.2, -0.15) is 0 Å². The third-order valence-electron chi connectivity index (χ3n) is 3.43. The highest BCUT2D eigenvalue weighted by Gasteiger charge is 2.11. The number of para-hydroxylation sites is 1. The second-order valence-electron chi connectivity index (χ2n) is 4.85. The Hall–Kier alpha value is -2.75. The van der Waals surface area contributed by atoms with Gasteiger partial charge in [-0.25, -0.2) is 9.97 Å². The summed E-state index contributed by atoms with van der Waals surface area (Å²) in [6.45, 7) is 5.44. The number of aromatic nitrogens is 2. The number of aliphatic imine (C=N–C) groups is 1. The fourth-order valence-corrected chi connectivity index (χ4v) is 2.33. The molecule has 0 unspecified atom stereocenters. The van der Waals surface area contributed by atoms with Crippen molar-refractivity contribution in [3.8, 4) is 0 Å². The molecule has 0 atom stereocenters. The Kier molecular flexibility index (Phi) is 3.36. The molecule has 0 aliphatic carbocycles. The van der Waals surface area contributed by atoms with E-state index >= 15 is 0 Å². The summed E-state index contributed by atoms with van der Waals surface area (Å²) >= 11 is 0. The van der Waals surface area contributed by atoms with Gasteiger partial charge in [-0.15, -0.1) is 0 Å². The van der Waals surface area contributed by atoms with Crippen molar-refractivity contribution in [3.63, 3.8) is 0 Å². The second kappa shape index (κ2) is 5.32. The van der Waals surface area contributed by atoms with Crippen LogP contribution in [0.3, 0.4) is 0 Å². The van der Waals surface area contributed by atoms with Gasteiger partial charge < -0.3 is 4.90 Å². The summed E-state index contributed by atoms with van der Waals surface area (Å²) in [5.41, 5.74) is 2.86. The van der Waals surface area contributed by atoms with E-state index in [1.165, 1.54) is 0 Å². The number of benzene rings is 2. The first-order valence-electron chi connectivity index (χ1n) is 6.73. The van der Waals surface area contributed by atoms with E-state index in [2.05, 4.69) is 26.6 Å². The first-order valence-corrected chi connectivity index (χ1v) is 6.73. The quantitative estimate of drug-likeness (QED) is 0.678. The number of fused-ring (bicyclic) bond motifs is 1. The highest BCUT2D eigenvalue weighted by Crippen LogP contribution is 2.29. The van der Waals surface area contributed by atoms with Crippen LogP contribution < -0.4 is 4.90 Å². The molecule has 0 radical (unpaired) electrons. The molecule has 3 rings (SSSR count). The minimum Gasteiger partial charge on any atom is -0.329 e. The van der Waals surface area contributed by atoms with E-state index in [9.17, 15) is 0 Å². The molecular formula is C17H16N4. The van der Waals surface area contributed by atoms with E-state index in [1.54, 1.807) is 0 Å². The SMILES string of the molecule is C=Nc1ccc(N(C)c2nc(C)nc3ccccc23)cc1. The van der Waals surface area contributed by atoms with Gasteiger partial charge in [-0.05, 0) is 50.0 Å². The molecule has 0 amide bonds. The van der Waals surface area contributed by atoms with Crippen molar-refractivity contribution in [2.45, 2.75) is 6.92 Å². The lowest BCUT2D eigenvalue weighted by atomic mass is 10.2. The molecule has 2 aromatic carbocycles.